The van der Waals surface area contributed by atoms with Crippen molar-refractivity contribution in [2.45, 2.75) is 32.6 Å². The molecule has 0 radical (unpaired) electrons. The Balaban J connectivity index is 2.68. The molecule has 17 heavy (non-hydrogen) atoms. The van der Waals surface area contributed by atoms with Crippen molar-refractivity contribution >= 4 is 0 Å². The molecule has 1 atom stereocenters. The Morgan fingerprint density at radius 2 is 1.59 bits per heavy atom. The fourth-order valence-electron chi connectivity index (χ4n) is 2.26. The Kier molecular flexibility index (Phi) is 5.20. The molecule has 0 aliphatic heterocycles. The van der Waals surface area contributed by atoms with Crippen LogP contribution in [-0.4, -0.2) is 32.2 Å². The molecular weight excluding hydrogens is 206 g/mol. The first-order chi connectivity index (χ1) is 7.88. The van der Waals surface area contributed by atoms with Crippen LogP contribution in [0.1, 0.15) is 38.2 Å². The van der Waals surface area contributed by atoms with Gasteiger partial charge in [-0.05, 0) is 23.8 Å². The molecule has 96 valence electrons. The zero-order chi connectivity index (χ0) is 12.9. The predicted molar refractivity (Wildman–Crippen MR) is 76.2 cm³/mol. The first-order valence-electron chi connectivity index (χ1n) is 6.74. The van der Waals surface area contributed by atoms with E-state index in [1.807, 2.05) is 0 Å². The molecule has 1 rings (SSSR count). The van der Waals surface area contributed by atoms with Gasteiger partial charge in [-0.2, -0.15) is 0 Å². The molecule has 0 saturated carbocycles. The second kappa shape index (κ2) is 6.20. The van der Waals surface area contributed by atoms with Gasteiger partial charge >= 0.3 is 0 Å². The minimum Gasteiger partial charge on any atom is -0.331 e. The molecule has 1 unspecified atom stereocenters. The summed E-state index contributed by atoms with van der Waals surface area (Å²) >= 11 is 0. The van der Waals surface area contributed by atoms with Gasteiger partial charge in [0.1, 0.15) is 0 Å². The zero-order valence-electron chi connectivity index (χ0n) is 12.1. The minimum absolute atomic E-state index is 0.716. The van der Waals surface area contributed by atoms with Gasteiger partial charge in [-0.1, -0.05) is 44.2 Å². The van der Waals surface area contributed by atoms with Gasteiger partial charge in [-0.3, -0.25) is 0 Å². The lowest BCUT2D eigenvalue weighted by atomic mass is 9.87. The van der Waals surface area contributed by atoms with Crippen molar-refractivity contribution in [1.29, 1.82) is 0 Å². The Morgan fingerprint density at radius 3 is 2.06 bits per heavy atom. The molecule has 0 amide bonds. The zero-order valence-corrected chi connectivity index (χ0v) is 12.1. The lowest BCUT2D eigenvalue weighted by molar-refractivity contribution is -0.870. The molecule has 1 nitrogen and oxygen atoms in total. The van der Waals surface area contributed by atoms with Gasteiger partial charge in [0, 0.05) is 6.42 Å². The smallest absolute Gasteiger partial charge is 0.0786 e. The molecule has 0 aromatic heterocycles. The van der Waals surface area contributed by atoms with Gasteiger partial charge in [-0.25, -0.2) is 0 Å². The summed E-state index contributed by atoms with van der Waals surface area (Å²) in [5.74, 6) is 1.49. The van der Waals surface area contributed by atoms with Crippen molar-refractivity contribution in [3.05, 3.63) is 35.9 Å². The van der Waals surface area contributed by atoms with Crippen LogP contribution in [0.4, 0.5) is 0 Å². The topological polar surface area (TPSA) is 0 Å². The molecule has 1 heteroatoms. The first-order valence-corrected chi connectivity index (χ1v) is 6.74. The van der Waals surface area contributed by atoms with Gasteiger partial charge in [-0.15, -0.1) is 0 Å². The summed E-state index contributed by atoms with van der Waals surface area (Å²) in [6.45, 7) is 5.88. The summed E-state index contributed by atoms with van der Waals surface area (Å²) in [5.41, 5.74) is 1.51. The molecule has 0 bridgehead atoms. The highest BCUT2D eigenvalue weighted by Crippen LogP contribution is 2.27. The normalized spacial score (nSPS) is 14.0. The fraction of sp³-hybridized carbons (Fsp3) is 0.625. The third-order valence-electron chi connectivity index (χ3n) is 3.18. The Labute approximate surface area is 107 Å². The highest BCUT2D eigenvalue weighted by molar-refractivity contribution is 5.19. The average Bonchev–Trinajstić information content (AvgIpc) is 2.24. The monoisotopic (exact) mass is 234 g/mol. The van der Waals surface area contributed by atoms with Crippen molar-refractivity contribution in [3.8, 4) is 0 Å². The maximum atomic E-state index is 2.32. The Hall–Kier alpha value is -0.820. The minimum atomic E-state index is 0.716. The summed E-state index contributed by atoms with van der Waals surface area (Å²) in [7, 11) is 6.83. The SMILES string of the molecule is CC(C)CC(CC[N+](C)(C)C)c1ccccc1. The number of rotatable bonds is 6. The maximum absolute atomic E-state index is 2.32. The largest absolute Gasteiger partial charge is 0.331 e. The van der Waals surface area contributed by atoms with Crippen LogP contribution in [-0.2, 0) is 0 Å². The predicted octanol–water partition coefficient (Wildman–Crippen LogP) is 3.91. The third-order valence-corrected chi connectivity index (χ3v) is 3.18. The van der Waals surface area contributed by atoms with Crippen LogP contribution < -0.4 is 0 Å². The van der Waals surface area contributed by atoms with Crippen LogP contribution in [0.2, 0.25) is 0 Å². The summed E-state index contributed by atoms with van der Waals surface area (Å²) in [6, 6.07) is 11.0. The van der Waals surface area contributed by atoms with E-state index in [4.69, 9.17) is 0 Å². The van der Waals surface area contributed by atoms with Gasteiger partial charge in [0.25, 0.3) is 0 Å². The van der Waals surface area contributed by atoms with Crippen molar-refractivity contribution < 1.29 is 4.48 Å². The fourth-order valence-corrected chi connectivity index (χ4v) is 2.26. The number of benzene rings is 1. The third kappa shape index (κ3) is 5.88. The second-order valence-corrected chi connectivity index (χ2v) is 6.54. The van der Waals surface area contributed by atoms with Crippen LogP contribution in [0, 0.1) is 5.92 Å². The lowest BCUT2D eigenvalue weighted by Gasteiger charge is -2.27. The summed E-state index contributed by atoms with van der Waals surface area (Å²) < 4.78 is 1.06. The molecule has 0 N–H and O–H groups in total. The van der Waals surface area contributed by atoms with E-state index in [-0.39, 0.29) is 0 Å². The molecule has 0 fully saturated rings. The molecule has 0 heterocycles. The van der Waals surface area contributed by atoms with Crippen LogP contribution in [0.5, 0.6) is 0 Å². The molecule has 0 aliphatic rings. The van der Waals surface area contributed by atoms with Crippen LogP contribution in [0.15, 0.2) is 30.3 Å². The van der Waals surface area contributed by atoms with E-state index in [1.54, 1.807) is 0 Å². The highest BCUT2D eigenvalue weighted by Gasteiger charge is 2.17. The summed E-state index contributed by atoms with van der Waals surface area (Å²) in [5, 5.41) is 0. The van der Waals surface area contributed by atoms with E-state index in [1.165, 1.54) is 24.9 Å². The van der Waals surface area contributed by atoms with E-state index >= 15 is 0 Å². The van der Waals surface area contributed by atoms with E-state index < -0.39 is 0 Å². The second-order valence-electron chi connectivity index (χ2n) is 6.54. The molecule has 0 saturated heterocycles. The Morgan fingerprint density at radius 1 is 1.00 bits per heavy atom. The van der Waals surface area contributed by atoms with Gasteiger partial charge in [0.2, 0.25) is 0 Å². The lowest BCUT2D eigenvalue weighted by Crippen LogP contribution is -2.36. The van der Waals surface area contributed by atoms with E-state index in [0.29, 0.717) is 5.92 Å². The molecule has 1 aromatic rings. The van der Waals surface area contributed by atoms with Gasteiger partial charge in [0.15, 0.2) is 0 Å². The molecule has 0 aliphatic carbocycles. The molecular formula is C16H28N+. The van der Waals surface area contributed by atoms with E-state index in [9.17, 15) is 0 Å². The van der Waals surface area contributed by atoms with E-state index in [2.05, 4.69) is 65.3 Å². The number of quaternary nitrogens is 1. The number of nitrogens with zero attached hydrogens (tertiary/aromatic N) is 1. The van der Waals surface area contributed by atoms with Crippen molar-refractivity contribution in [2.24, 2.45) is 5.92 Å². The van der Waals surface area contributed by atoms with Crippen LogP contribution in [0.25, 0.3) is 0 Å². The van der Waals surface area contributed by atoms with Crippen LogP contribution in [0.3, 0.4) is 0 Å². The quantitative estimate of drug-likeness (QED) is 0.655. The summed E-state index contributed by atoms with van der Waals surface area (Å²) in [6.07, 6.45) is 2.58. The van der Waals surface area contributed by atoms with Gasteiger partial charge in [0.05, 0.1) is 27.7 Å². The summed E-state index contributed by atoms with van der Waals surface area (Å²) in [4.78, 5) is 0. The molecule has 1 aromatic carbocycles. The Bertz CT molecular complexity index is 308. The first kappa shape index (κ1) is 14.2. The highest BCUT2D eigenvalue weighted by atomic mass is 15.3. The number of hydrogen-bond donors (Lipinski definition) is 0. The number of hydrogen-bond acceptors (Lipinski definition) is 0. The molecule has 0 spiro atoms. The van der Waals surface area contributed by atoms with E-state index in [0.717, 1.165) is 10.4 Å². The van der Waals surface area contributed by atoms with Crippen molar-refractivity contribution in [3.63, 3.8) is 0 Å². The standard InChI is InChI=1S/C16H28N/c1-14(2)13-16(11-12-17(3,4)5)15-9-7-6-8-10-15/h6-10,14,16H,11-13H2,1-5H3/q+1. The van der Waals surface area contributed by atoms with Crippen LogP contribution >= 0.6 is 0 Å². The maximum Gasteiger partial charge on any atom is 0.0786 e. The van der Waals surface area contributed by atoms with Crippen molar-refractivity contribution in [1.82, 2.24) is 0 Å². The van der Waals surface area contributed by atoms with Crippen molar-refractivity contribution in [2.75, 3.05) is 27.7 Å². The average molecular weight is 234 g/mol. The van der Waals surface area contributed by atoms with Gasteiger partial charge < -0.3 is 4.48 Å².